The first kappa shape index (κ1) is 33.7. The topological polar surface area (TPSA) is 30.7 Å². The van der Waals surface area contributed by atoms with Gasteiger partial charge in [-0.1, -0.05) is 182 Å². The number of hydrogen-bond acceptors (Lipinski definition) is 2. The van der Waals surface area contributed by atoms with Gasteiger partial charge in [0.05, 0.1) is 27.7 Å². The summed E-state index contributed by atoms with van der Waals surface area (Å²) in [6.45, 7) is 0. The maximum atomic E-state index is 5.20. The van der Waals surface area contributed by atoms with Crippen molar-refractivity contribution in [1.29, 1.82) is 0 Å². The quantitative estimate of drug-likeness (QED) is 0.179. The van der Waals surface area contributed by atoms with Crippen LogP contribution in [0.15, 0.2) is 212 Å². The Balaban J connectivity index is 1.06. The molecule has 0 unspecified atom stereocenters. The van der Waals surface area contributed by atoms with Gasteiger partial charge in [0.1, 0.15) is 0 Å². The summed E-state index contributed by atoms with van der Waals surface area (Å²) in [6, 6.07) is 77.9. The smallest absolute Gasteiger partial charge is 0.160 e. The molecule has 62 heavy (non-hydrogen) atoms. The fourth-order valence-corrected chi connectivity index (χ4v) is 11.3. The predicted molar refractivity (Wildman–Crippen MR) is 256 cm³/mol. The molecule has 0 saturated carbocycles. The van der Waals surface area contributed by atoms with Crippen molar-refractivity contribution in [2.24, 2.45) is 0 Å². The maximum absolute atomic E-state index is 5.20. The molecule has 0 saturated heterocycles. The van der Waals surface area contributed by atoms with Crippen molar-refractivity contribution in [2.45, 2.75) is 5.41 Å². The van der Waals surface area contributed by atoms with Crippen LogP contribution in [0.5, 0.6) is 0 Å². The molecule has 1 spiro atoms. The first-order chi connectivity index (χ1) is 30.8. The van der Waals surface area contributed by atoms with E-state index in [-0.39, 0.29) is 0 Å². The van der Waals surface area contributed by atoms with Crippen molar-refractivity contribution in [3.8, 4) is 50.6 Å². The lowest BCUT2D eigenvalue weighted by Crippen LogP contribution is -2.26. The van der Waals surface area contributed by atoms with Crippen LogP contribution in [-0.2, 0) is 5.41 Å². The van der Waals surface area contributed by atoms with E-state index in [0.717, 1.165) is 50.0 Å². The molecular weight excluding hydrogens is 751 g/mol. The van der Waals surface area contributed by atoms with Gasteiger partial charge >= 0.3 is 0 Å². The molecule has 14 rings (SSSR count). The van der Waals surface area contributed by atoms with E-state index in [9.17, 15) is 0 Å². The number of hydrogen-bond donors (Lipinski definition) is 0. The number of fused-ring (bicyclic) bond motifs is 19. The fraction of sp³-hybridized carbons (Fsp3) is 0.0169. The summed E-state index contributed by atoms with van der Waals surface area (Å²) in [5.74, 6) is 0.723. The number of para-hydroxylation sites is 2. The maximum Gasteiger partial charge on any atom is 0.160 e. The summed E-state index contributed by atoms with van der Waals surface area (Å²) in [7, 11) is 0. The Morgan fingerprint density at radius 1 is 0.403 bits per heavy atom. The highest BCUT2D eigenvalue weighted by Crippen LogP contribution is 2.66. The van der Waals surface area contributed by atoms with E-state index in [2.05, 4.69) is 205 Å². The highest BCUT2D eigenvalue weighted by Gasteiger charge is 2.53. The molecule has 12 aromatic rings. The van der Waals surface area contributed by atoms with Crippen LogP contribution in [0.2, 0.25) is 0 Å². The highest BCUT2D eigenvalue weighted by atomic mass is 15.0. The van der Waals surface area contributed by atoms with E-state index < -0.39 is 5.41 Å². The Kier molecular flexibility index (Phi) is 6.76. The van der Waals surface area contributed by atoms with Crippen LogP contribution in [0.1, 0.15) is 22.3 Å². The van der Waals surface area contributed by atoms with Crippen LogP contribution < -0.4 is 0 Å². The Labute approximate surface area is 357 Å². The molecule has 286 valence electrons. The zero-order valence-electron chi connectivity index (χ0n) is 33.5. The first-order valence-corrected chi connectivity index (χ1v) is 21.4. The zero-order chi connectivity index (χ0) is 40.5. The molecule has 0 bridgehead atoms. The van der Waals surface area contributed by atoms with Crippen LogP contribution in [0.25, 0.3) is 105 Å². The van der Waals surface area contributed by atoms with Gasteiger partial charge < -0.3 is 4.57 Å². The summed E-state index contributed by atoms with van der Waals surface area (Å²) in [6.07, 6.45) is 0. The van der Waals surface area contributed by atoms with Crippen LogP contribution in [0.3, 0.4) is 0 Å². The van der Waals surface area contributed by atoms with Gasteiger partial charge in [-0.05, 0) is 90.8 Å². The average Bonchev–Trinajstić information content (AvgIpc) is 3.96. The van der Waals surface area contributed by atoms with Gasteiger partial charge in [0.25, 0.3) is 0 Å². The number of benzene rings is 10. The Bertz CT molecular complexity index is 3830. The third-order valence-corrected chi connectivity index (χ3v) is 13.7. The second-order valence-electron chi connectivity index (χ2n) is 16.8. The van der Waals surface area contributed by atoms with Crippen molar-refractivity contribution in [1.82, 2.24) is 14.5 Å². The number of nitrogens with zero attached hydrogens (tertiary/aromatic N) is 3. The summed E-state index contributed by atoms with van der Waals surface area (Å²) < 4.78 is 2.57. The van der Waals surface area contributed by atoms with E-state index in [1.165, 1.54) is 77.1 Å². The number of aromatic nitrogens is 3. The molecule has 2 heterocycles. The molecule has 0 amide bonds. The molecule has 10 aromatic carbocycles. The van der Waals surface area contributed by atoms with Crippen LogP contribution in [0, 0.1) is 0 Å². The minimum Gasteiger partial charge on any atom is -0.309 e. The van der Waals surface area contributed by atoms with Crippen LogP contribution >= 0.6 is 0 Å². The van der Waals surface area contributed by atoms with Gasteiger partial charge in [0.15, 0.2) is 5.82 Å². The van der Waals surface area contributed by atoms with Crippen LogP contribution in [-0.4, -0.2) is 14.5 Å². The summed E-state index contributed by atoms with van der Waals surface area (Å²) in [5.41, 5.74) is 17.7. The standard InChI is InChI=1S/C59H35N3/c1-2-16-36(17-3-1)56-46-23-9-14-28-51(46)60-58(61-56)39-31-30-38-35-40(33-32-37(38)34-39)62-52-29-15-10-24-47(52)54-44-21-5-4-20-43(44)53-45-22-8-13-27-50(45)59(55(53)57(54)62)48-25-11-6-18-41(48)42-19-7-12-26-49(42)59/h1-35H. The lowest BCUT2D eigenvalue weighted by atomic mass is 9.70. The predicted octanol–water partition coefficient (Wildman–Crippen LogP) is 14.7. The second kappa shape index (κ2) is 12.4. The van der Waals surface area contributed by atoms with Gasteiger partial charge in [-0.25, -0.2) is 9.97 Å². The van der Waals surface area contributed by atoms with Crippen molar-refractivity contribution in [3.05, 3.63) is 235 Å². The van der Waals surface area contributed by atoms with Crippen LogP contribution in [0.4, 0.5) is 0 Å². The van der Waals surface area contributed by atoms with E-state index in [4.69, 9.17) is 9.97 Å². The summed E-state index contributed by atoms with van der Waals surface area (Å²) in [5, 5.41) is 8.47. The largest absolute Gasteiger partial charge is 0.309 e. The second-order valence-corrected chi connectivity index (χ2v) is 16.8. The molecule has 0 N–H and O–H groups in total. The molecule has 3 heteroatoms. The minimum absolute atomic E-state index is 0.516. The van der Waals surface area contributed by atoms with E-state index in [1.54, 1.807) is 0 Å². The number of rotatable bonds is 3. The molecule has 2 aromatic heterocycles. The van der Waals surface area contributed by atoms with Gasteiger partial charge in [0.2, 0.25) is 0 Å². The molecule has 3 nitrogen and oxygen atoms in total. The van der Waals surface area contributed by atoms with Crippen molar-refractivity contribution in [2.75, 3.05) is 0 Å². The third-order valence-electron chi connectivity index (χ3n) is 13.7. The molecule has 2 aliphatic rings. The molecule has 0 fully saturated rings. The third kappa shape index (κ3) is 4.34. The molecule has 2 aliphatic carbocycles. The van der Waals surface area contributed by atoms with E-state index in [0.29, 0.717) is 0 Å². The molecule has 0 atom stereocenters. The van der Waals surface area contributed by atoms with Gasteiger partial charge in [0, 0.05) is 38.5 Å². The SMILES string of the molecule is c1ccc(-c2nc(-c3ccc4cc(-n5c6ccccc6c6c7ccccc7c7c(c65)C5(c6ccccc6-c6ccccc65)c5ccccc5-7)ccc4c3)nc3ccccc23)cc1. The normalized spacial score (nSPS) is 13.3. The average molecular weight is 786 g/mol. The molecule has 0 radical (unpaired) electrons. The summed E-state index contributed by atoms with van der Waals surface area (Å²) in [4.78, 5) is 10.3. The Morgan fingerprint density at radius 3 is 1.76 bits per heavy atom. The van der Waals surface area contributed by atoms with E-state index in [1.807, 2.05) is 12.1 Å². The highest BCUT2D eigenvalue weighted by molar-refractivity contribution is 6.28. The first-order valence-electron chi connectivity index (χ1n) is 21.4. The molecule has 0 aliphatic heterocycles. The van der Waals surface area contributed by atoms with Crippen molar-refractivity contribution < 1.29 is 0 Å². The van der Waals surface area contributed by atoms with Gasteiger partial charge in [-0.2, -0.15) is 0 Å². The Hall–Kier alpha value is -8.14. The van der Waals surface area contributed by atoms with Gasteiger partial charge in [-0.3, -0.25) is 0 Å². The Morgan fingerprint density at radius 2 is 0.984 bits per heavy atom. The van der Waals surface area contributed by atoms with Crippen molar-refractivity contribution >= 4 is 54.3 Å². The lowest BCUT2D eigenvalue weighted by molar-refractivity contribution is 0.797. The molecular formula is C59H35N3. The van der Waals surface area contributed by atoms with Crippen molar-refractivity contribution in [3.63, 3.8) is 0 Å². The van der Waals surface area contributed by atoms with Gasteiger partial charge in [-0.15, -0.1) is 0 Å². The summed E-state index contributed by atoms with van der Waals surface area (Å²) >= 11 is 0. The lowest BCUT2D eigenvalue weighted by Gasteiger charge is -2.31. The van der Waals surface area contributed by atoms with E-state index >= 15 is 0 Å². The monoisotopic (exact) mass is 785 g/mol. The zero-order valence-corrected chi connectivity index (χ0v) is 33.5. The fourth-order valence-electron chi connectivity index (χ4n) is 11.3. The minimum atomic E-state index is -0.516.